The molecule has 0 bridgehead atoms. The lowest BCUT2D eigenvalue weighted by Crippen LogP contribution is -2.36. The summed E-state index contributed by atoms with van der Waals surface area (Å²) in [5.74, 6) is 3.98. The van der Waals surface area contributed by atoms with Gasteiger partial charge in [0.1, 0.15) is 0 Å². The molecule has 0 heteroatoms. The van der Waals surface area contributed by atoms with E-state index in [0.717, 1.165) is 23.7 Å². The van der Waals surface area contributed by atoms with E-state index in [9.17, 15) is 0 Å². The number of allylic oxidation sites excluding steroid dienone is 2. The predicted octanol–water partition coefficient (Wildman–Crippen LogP) is 2.85. The minimum absolute atomic E-state index is 0.918. The second kappa shape index (κ2) is 2.11. The maximum atomic E-state index is 2.42. The fourth-order valence-corrected chi connectivity index (χ4v) is 2.53. The van der Waals surface area contributed by atoms with Crippen LogP contribution in [0.5, 0.6) is 0 Å². The minimum atomic E-state index is 0.918. The summed E-state index contributed by atoms with van der Waals surface area (Å²) in [6, 6.07) is 0. The number of hydrogen-bond donors (Lipinski definition) is 0. The van der Waals surface area contributed by atoms with Crippen molar-refractivity contribution < 1.29 is 0 Å². The van der Waals surface area contributed by atoms with Crippen LogP contribution in [0.3, 0.4) is 0 Å². The average Bonchev–Trinajstić information content (AvgIpc) is 2.11. The molecule has 0 aromatic rings. The molecule has 3 atom stereocenters. The Morgan fingerprint density at radius 3 is 2.80 bits per heavy atom. The topological polar surface area (TPSA) is 0 Å². The lowest BCUT2D eigenvalue weighted by molar-refractivity contribution is 0.0797. The SMILES string of the molecule is CC(C)C1CC2C=CCC21. The molecule has 2 aliphatic carbocycles. The zero-order valence-electron chi connectivity index (χ0n) is 6.88. The highest BCUT2D eigenvalue weighted by atomic mass is 14.5. The Labute approximate surface area is 63.3 Å². The molecular formula is C10H16. The monoisotopic (exact) mass is 136 g/mol. The summed E-state index contributed by atoms with van der Waals surface area (Å²) in [5.41, 5.74) is 0. The molecule has 0 aromatic heterocycles. The highest BCUT2D eigenvalue weighted by Crippen LogP contribution is 2.50. The fourth-order valence-electron chi connectivity index (χ4n) is 2.53. The highest BCUT2D eigenvalue weighted by molar-refractivity contribution is 5.10. The van der Waals surface area contributed by atoms with Gasteiger partial charge in [-0.3, -0.25) is 0 Å². The van der Waals surface area contributed by atoms with Gasteiger partial charge in [-0.25, -0.2) is 0 Å². The van der Waals surface area contributed by atoms with E-state index in [-0.39, 0.29) is 0 Å². The van der Waals surface area contributed by atoms with Crippen LogP contribution in [-0.2, 0) is 0 Å². The average molecular weight is 136 g/mol. The van der Waals surface area contributed by atoms with Crippen molar-refractivity contribution in [3.63, 3.8) is 0 Å². The van der Waals surface area contributed by atoms with Crippen molar-refractivity contribution in [2.75, 3.05) is 0 Å². The Bertz CT molecular complexity index is 155. The molecule has 10 heavy (non-hydrogen) atoms. The van der Waals surface area contributed by atoms with Gasteiger partial charge >= 0.3 is 0 Å². The first-order valence-corrected chi connectivity index (χ1v) is 4.45. The number of fused-ring (bicyclic) bond motifs is 1. The van der Waals surface area contributed by atoms with Gasteiger partial charge in [-0.05, 0) is 36.5 Å². The Hall–Kier alpha value is -0.260. The summed E-state index contributed by atoms with van der Waals surface area (Å²) in [6.07, 6.45) is 7.63. The molecule has 0 N–H and O–H groups in total. The second-order valence-electron chi connectivity index (χ2n) is 4.14. The largest absolute Gasteiger partial charge is 0.0879 e. The molecule has 0 aliphatic heterocycles. The third-order valence-corrected chi connectivity index (χ3v) is 3.29. The molecule has 3 unspecified atom stereocenters. The van der Waals surface area contributed by atoms with Gasteiger partial charge in [-0.2, -0.15) is 0 Å². The Balaban J connectivity index is 1.97. The smallest absolute Gasteiger partial charge is 0.0197 e. The van der Waals surface area contributed by atoms with E-state index in [1.165, 1.54) is 12.8 Å². The molecule has 56 valence electrons. The van der Waals surface area contributed by atoms with Gasteiger partial charge in [0.05, 0.1) is 0 Å². The first-order valence-electron chi connectivity index (χ1n) is 4.45. The van der Waals surface area contributed by atoms with E-state index in [4.69, 9.17) is 0 Å². The van der Waals surface area contributed by atoms with E-state index < -0.39 is 0 Å². The highest BCUT2D eigenvalue weighted by Gasteiger charge is 2.41. The van der Waals surface area contributed by atoms with Gasteiger partial charge in [-0.1, -0.05) is 26.0 Å². The van der Waals surface area contributed by atoms with Crippen LogP contribution in [0.1, 0.15) is 26.7 Å². The zero-order valence-corrected chi connectivity index (χ0v) is 6.88. The van der Waals surface area contributed by atoms with Crippen molar-refractivity contribution in [2.24, 2.45) is 23.7 Å². The quantitative estimate of drug-likeness (QED) is 0.486. The maximum Gasteiger partial charge on any atom is -0.0197 e. The molecule has 0 aromatic carbocycles. The first-order chi connectivity index (χ1) is 4.79. The second-order valence-corrected chi connectivity index (χ2v) is 4.14. The molecule has 1 saturated carbocycles. The first kappa shape index (κ1) is 6.45. The summed E-state index contributed by atoms with van der Waals surface area (Å²) in [4.78, 5) is 0. The van der Waals surface area contributed by atoms with Crippen LogP contribution in [0, 0.1) is 23.7 Å². The van der Waals surface area contributed by atoms with Crippen LogP contribution >= 0.6 is 0 Å². The van der Waals surface area contributed by atoms with E-state index in [0.29, 0.717) is 0 Å². The molecule has 0 radical (unpaired) electrons. The van der Waals surface area contributed by atoms with Gasteiger partial charge in [0.15, 0.2) is 0 Å². The summed E-state index contributed by atoms with van der Waals surface area (Å²) >= 11 is 0. The van der Waals surface area contributed by atoms with Crippen LogP contribution in [0.15, 0.2) is 12.2 Å². The normalized spacial score (nSPS) is 43.7. The van der Waals surface area contributed by atoms with Crippen molar-refractivity contribution >= 4 is 0 Å². The molecular weight excluding hydrogens is 120 g/mol. The molecule has 0 spiro atoms. The minimum Gasteiger partial charge on any atom is -0.0879 e. The summed E-state index contributed by atoms with van der Waals surface area (Å²) in [6.45, 7) is 4.72. The molecule has 0 nitrogen and oxygen atoms in total. The van der Waals surface area contributed by atoms with Crippen LogP contribution in [-0.4, -0.2) is 0 Å². The van der Waals surface area contributed by atoms with Crippen molar-refractivity contribution in [3.8, 4) is 0 Å². The van der Waals surface area contributed by atoms with Crippen molar-refractivity contribution in [3.05, 3.63) is 12.2 Å². The number of hydrogen-bond acceptors (Lipinski definition) is 0. The van der Waals surface area contributed by atoms with Gasteiger partial charge in [0.2, 0.25) is 0 Å². The van der Waals surface area contributed by atoms with Crippen LogP contribution in [0.2, 0.25) is 0 Å². The van der Waals surface area contributed by atoms with E-state index in [2.05, 4.69) is 26.0 Å². The molecule has 0 heterocycles. The third kappa shape index (κ3) is 0.744. The van der Waals surface area contributed by atoms with Gasteiger partial charge in [0, 0.05) is 0 Å². The van der Waals surface area contributed by atoms with Gasteiger partial charge < -0.3 is 0 Å². The summed E-state index contributed by atoms with van der Waals surface area (Å²) in [5, 5.41) is 0. The zero-order chi connectivity index (χ0) is 7.14. The van der Waals surface area contributed by atoms with Crippen LogP contribution in [0.4, 0.5) is 0 Å². The predicted molar refractivity (Wildman–Crippen MR) is 43.7 cm³/mol. The third-order valence-electron chi connectivity index (χ3n) is 3.29. The maximum absolute atomic E-state index is 2.42. The molecule has 1 fully saturated rings. The number of rotatable bonds is 1. The fraction of sp³-hybridized carbons (Fsp3) is 0.800. The lowest BCUT2D eigenvalue weighted by atomic mass is 9.62. The lowest BCUT2D eigenvalue weighted by Gasteiger charge is -2.43. The van der Waals surface area contributed by atoms with Crippen molar-refractivity contribution in [1.82, 2.24) is 0 Å². The van der Waals surface area contributed by atoms with E-state index in [1.807, 2.05) is 0 Å². The molecule has 2 rings (SSSR count). The van der Waals surface area contributed by atoms with Gasteiger partial charge in [-0.15, -0.1) is 0 Å². The standard InChI is InChI=1S/C10H16/c1-7(2)10-6-8-4-3-5-9(8)10/h3-4,7-10H,5-6H2,1-2H3. The van der Waals surface area contributed by atoms with E-state index in [1.54, 1.807) is 0 Å². The van der Waals surface area contributed by atoms with E-state index >= 15 is 0 Å². The Kier molecular flexibility index (Phi) is 1.36. The Morgan fingerprint density at radius 2 is 2.20 bits per heavy atom. The van der Waals surface area contributed by atoms with Crippen LogP contribution in [0.25, 0.3) is 0 Å². The van der Waals surface area contributed by atoms with Crippen molar-refractivity contribution in [1.29, 1.82) is 0 Å². The summed E-state index contributed by atoms with van der Waals surface area (Å²) in [7, 11) is 0. The van der Waals surface area contributed by atoms with Gasteiger partial charge in [0.25, 0.3) is 0 Å². The van der Waals surface area contributed by atoms with Crippen LogP contribution < -0.4 is 0 Å². The molecule has 0 amide bonds. The van der Waals surface area contributed by atoms with Crippen molar-refractivity contribution in [2.45, 2.75) is 26.7 Å². The molecule has 0 saturated heterocycles. The molecule has 2 aliphatic rings. The summed E-state index contributed by atoms with van der Waals surface area (Å²) < 4.78 is 0. The Morgan fingerprint density at radius 1 is 1.40 bits per heavy atom.